The van der Waals surface area contributed by atoms with Crippen LogP contribution in [-0.4, -0.2) is 24.2 Å². The third-order valence-corrected chi connectivity index (χ3v) is 6.23. The smallest absolute Gasteiger partial charge is 0.387 e. The van der Waals surface area contributed by atoms with Crippen molar-refractivity contribution in [3.05, 3.63) is 120 Å². The second kappa shape index (κ2) is 13.8. The van der Waals surface area contributed by atoms with E-state index in [-0.39, 0.29) is 5.96 Å². The molecule has 1 aromatic heterocycles. The standard InChI is InChI=1S/C30H25F4N5O2/c31-28(32)40-26-11-8-23(17-27(26)41-29(33)34)25(16-20-12-14-37-15-13-20)22-6-9-24(10-7-22)39(30(36)38-19-35)18-21-4-2-1-3-5-21/h1-15,17,25,28-29H,16,18H2,(H2,36,38). The summed E-state index contributed by atoms with van der Waals surface area (Å²) in [6.07, 6.45) is 5.48. The summed E-state index contributed by atoms with van der Waals surface area (Å²) in [4.78, 5) is 5.67. The summed E-state index contributed by atoms with van der Waals surface area (Å²) in [5.41, 5.74) is 3.79. The molecule has 0 fully saturated rings. The van der Waals surface area contributed by atoms with Gasteiger partial charge in [0, 0.05) is 24.0 Å². The van der Waals surface area contributed by atoms with Gasteiger partial charge in [-0.25, -0.2) is 0 Å². The largest absolute Gasteiger partial charge is 0.431 e. The van der Waals surface area contributed by atoms with Crippen LogP contribution in [0.1, 0.15) is 28.2 Å². The molecule has 0 bridgehead atoms. The molecule has 0 saturated heterocycles. The number of anilines is 1. The van der Waals surface area contributed by atoms with Crippen LogP contribution in [0.3, 0.4) is 0 Å². The number of hydrogen-bond acceptors (Lipinski definition) is 5. The number of nitriles is 1. The number of benzene rings is 3. The van der Waals surface area contributed by atoms with Crippen molar-refractivity contribution in [2.75, 3.05) is 4.90 Å². The Balaban J connectivity index is 1.71. The number of rotatable bonds is 11. The third kappa shape index (κ3) is 7.95. The van der Waals surface area contributed by atoms with Crippen LogP contribution < -0.4 is 19.7 Å². The first-order valence-electron chi connectivity index (χ1n) is 12.4. The molecule has 0 spiro atoms. The lowest BCUT2D eigenvalue weighted by atomic mass is 9.86. The van der Waals surface area contributed by atoms with Gasteiger partial charge in [-0.3, -0.25) is 15.7 Å². The van der Waals surface area contributed by atoms with Gasteiger partial charge in [-0.05, 0) is 65.1 Å². The summed E-state index contributed by atoms with van der Waals surface area (Å²) in [5, 5.41) is 19.8. The fourth-order valence-electron chi connectivity index (χ4n) is 4.38. The number of nitrogens with one attached hydrogen (secondary N) is 2. The Labute approximate surface area is 234 Å². The highest BCUT2D eigenvalue weighted by Crippen LogP contribution is 2.37. The molecular weight excluding hydrogens is 538 g/mol. The van der Waals surface area contributed by atoms with Gasteiger partial charge in [0.1, 0.15) is 0 Å². The number of hydrogen-bond donors (Lipinski definition) is 2. The Morgan fingerprint density at radius 3 is 2.10 bits per heavy atom. The monoisotopic (exact) mass is 563 g/mol. The predicted molar refractivity (Wildman–Crippen MR) is 145 cm³/mol. The summed E-state index contributed by atoms with van der Waals surface area (Å²) in [6.45, 7) is -6.13. The number of alkyl halides is 4. The molecule has 11 heteroatoms. The molecule has 0 amide bonds. The fraction of sp³-hybridized carbons (Fsp3) is 0.167. The molecular formula is C30H25F4N5O2. The van der Waals surface area contributed by atoms with Crippen molar-refractivity contribution < 1.29 is 27.0 Å². The summed E-state index contributed by atoms with van der Waals surface area (Å²) < 4.78 is 60.9. The maximum absolute atomic E-state index is 13.1. The number of nitrogens with zero attached hydrogens (tertiary/aromatic N) is 3. The molecule has 0 aliphatic rings. The first-order valence-corrected chi connectivity index (χ1v) is 12.4. The van der Waals surface area contributed by atoms with E-state index in [0.717, 1.165) is 16.7 Å². The average Bonchev–Trinajstić information content (AvgIpc) is 2.96. The van der Waals surface area contributed by atoms with E-state index < -0.39 is 30.6 Å². The molecule has 2 N–H and O–H groups in total. The summed E-state index contributed by atoms with van der Waals surface area (Å²) >= 11 is 0. The van der Waals surface area contributed by atoms with Crippen LogP contribution in [0.25, 0.3) is 0 Å². The van der Waals surface area contributed by atoms with Crippen molar-refractivity contribution >= 4 is 11.6 Å². The van der Waals surface area contributed by atoms with E-state index in [0.29, 0.717) is 24.2 Å². The van der Waals surface area contributed by atoms with E-state index in [1.807, 2.05) is 54.6 Å². The molecule has 210 valence electrons. The number of guanidine groups is 1. The Hall–Kier alpha value is -5.11. The highest BCUT2D eigenvalue weighted by molar-refractivity contribution is 5.94. The first-order chi connectivity index (χ1) is 19.8. The molecule has 1 atom stereocenters. The lowest BCUT2D eigenvalue weighted by Crippen LogP contribution is -2.38. The SMILES string of the molecule is N#CNC(=N)N(Cc1ccccc1)c1ccc(C(Cc2ccncc2)c2ccc(OC(F)F)c(OC(F)F)c2)cc1. The van der Waals surface area contributed by atoms with Gasteiger partial charge >= 0.3 is 13.2 Å². The van der Waals surface area contributed by atoms with Gasteiger partial charge < -0.3 is 14.4 Å². The zero-order chi connectivity index (χ0) is 29.2. The van der Waals surface area contributed by atoms with Gasteiger partial charge in [0.05, 0.1) is 6.54 Å². The zero-order valence-corrected chi connectivity index (χ0v) is 21.6. The van der Waals surface area contributed by atoms with Crippen molar-refractivity contribution in [3.63, 3.8) is 0 Å². The minimum Gasteiger partial charge on any atom is -0.431 e. The van der Waals surface area contributed by atoms with E-state index in [2.05, 4.69) is 19.8 Å². The topological polar surface area (TPSA) is 94.3 Å². The molecule has 0 saturated carbocycles. The maximum atomic E-state index is 13.1. The molecule has 4 aromatic rings. The second-order valence-corrected chi connectivity index (χ2v) is 8.82. The molecule has 0 radical (unpaired) electrons. The molecule has 0 aliphatic heterocycles. The highest BCUT2D eigenvalue weighted by Gasteiger charge is 2.22. The van der Waals surface area contributed by atoms with Crippen LogP contribution in [0.2, 0.25) is 0 Å². The molecule has 0 aliphatic carbocycles. The third-order valence-electron chi connectivity index (χ3n) is 6.23. The van der Waals surface area contributed by atoms with Crippen LogP contribution in [-0.2, 0) is 13.0 Å². The summed E-state index contributed by atoms with van der Waals surface area (Å²) in [5.74, 6) is -1.51. The Bertz CT molecular complexity index is 1470. The highest BCUT2D eigenvalue weighted by atomic mass is 19.3. The van der Waals surface area contributed by atoms with E-state index >= 15 is 0 Å². The number of halogens is 4. The maximum Gasteiger partial charge on any atom is 0.387 e. The Morgan fingerprint density at radius 1 is 0.829 bits per heavy atom. The number of aromatic nitrogens is 1. The first kappa shape index (κ1) is 28.9. The zero-order valence-electron chi connectivity index (χ0n) is 21.6. The van der Waals surface area contributed by atoms with E-state index in [1.54, 1.807) is 35.6 Å². The minimum absolute atomic E-state index is 0.110. The van der Waals surface area contributed by atoms with E-state index in [9.17, 15) is 17.6 Å². The predicted octanol–water partition coefficient (Wildman–Crippen LogP) is 6.67. The lowest BCUT2D eigenvalue weighted by molar-refractivity contribution is -0.0692. The molecule has 41 heavy (non-hydrogen) atoms. The normalized spacial score (nSPS) is 11.5. The van der Waals surface area contributed by atoms with E-state index in [4.69, 9.17) is 10.7 Å². The van der Waals surface area contributed by atoms with Gasteiger partial charge in [0.15, 0.2) is 17.7 Å². The van der Waals surface area contributed by atoms with Gasteiger partial charge in [0.2, 0.25) is 5.96 Å². The average molecular weight is 564 g/mol. The quantitative estimate of drug-likeness (QED) is 0.0696. The van der Waals surface area contributed by atoms with Crippen molar-refractivity contribution in [2.24, 2.45) is 0 Å². The summed E-state index contributed by atoms with van der Waals surface area (Å²) in [6, 6.07) is 24.3. The van der Waals surface area contributed by atoms with Crippen LogP contribution >= 0.6 is 0 Å². The molecule has 7 nitrogen and oxygen atoms in total. The Morgan fingerprint density at radius 2 is 1.46 bits per heavy atom. The fourth-order valence-corrected chi connectivity index (χ4v) is 4.38. The van der Waals surface area contributed by atoms with Crippen LogP contribution in [0.4, 0.5) is 23.2 Å². The van der Waals surface area contributed by atoms with Crippen LogP contribution in [0, 0.1) is 16.9 Å². The van der Waals surface area contributed by atoms with Crippen LogP contribution in [0.5, 0.6) is 11.5 Å². The number of pyridine rings is 1. The van der Waals surface area contributed by atoms with Crippen molar-refractivity contribution in [1.82, 2.24) is 10.3 Å². The van der Waals surface area contributed by atoms with Crippen molar-refractivity contribution in [3.8, 4) is 17.7 Å². The second-order valence-electron chi connectivity index (χ2n) is 8.82. The van der Waals surface area contributed by atoms with Crippen molar-refractivity contribution in [2.45, 2.75) is 32.1 Å². The molecule has 1 unspecified atom stereocenters. The molecule has 4 rings (SSSR count). The van der Waals surface area contributed by atoms with Gasteiger partial charge in [0.25, 0.3) is 0 Å². The van der Waals surface area contributed by atoms with Crippen molar-refractivity contribution in [1.29, 1.82) is 10.7 Å². The molecule has 1 heterocycles. The number of ether oxygens (including phenoxy) is 2. The van der Waals surface area contributed by atoms with E-state index in [1.165, 1.54) is 18.2 Å². The Kier molecular flexibility index (Phi) is 9.72. The summed E-state index contributed by atoms with van der Waals surface area (Å²) in [7, 11) is 0. The minimum atomic E-state index is -3.24. The van der Waals surface area contributed by atoms with Crippen LogP contribution in [0.15, 0.2) is 97.3 Å². The van der Waals surface area contributed by atoms with Gasteiger partial charge in [-0.15, -0.1) is 0 Å². The van der Waals surface area contributed by atoms with Gasteiger partial charge in [-0.1, -0.05) is 48.5 Å². The lowest BCUT2D eigenvalue weighted by Gasteiger charge is -2.25. The molecule has 3 aromatic carbocycles. The van der Waals surface area contributed by atoms with Gasteiger partial charge in [-0.2, -0.15) is 22.8 Å².